The van der Waals surface area contributed by atoms with Gasteiger partial charge in [-0.25, -0.2) is 14.9 Å². The van der Waals surface area contributed by atoms with Gasteiger partial charge in [0.25, 0.3) is 0 Å². The molecule has 0 saturated carbocycles. The molecule has 34 heavy (non-hydrogen) atoms. The van der Waals surface area contributed by atoms with Crippen LogP contribution in [-0.4, -0.2) is 43.8 Å². The fourth-order valence-corrected chi connectivity index (χ4v) is 5.65. The number of hydrogen-bond donors (Lipinski definition) is 2. The summed E-state index contributed by atoms with van der Waals surface area (Å²) in [6, 6.07) is 17.4. The Kier molecular flexibility index (Phi) is 6.08. The highest BCUT2D eigenvalue weighted by atomic mass is 32.2. The van der Waals surface area contributed by atoms with E-state index >= 15 is 0 Å². The summed E-state index contributed by atoms with van der Waals surface area (Å²) in [5, 5.41) is 11.2. The summed E-state index contributed by atoms with van der Waals surface area (Å²) >= 11 is 2.66. The first-order chi connectivity index (χ1) is 16.6. The highest BCUT2D eigenvalue weighted by Gasteiger charge is 2.25. The summed E-state index contributed by atoms with van der Waals surface area (Å²) in [5.41, 5.74) is 3.84. The molecule has 0 radical (unpaired) electrons. The second kappa shape index (κ2) is 9.32. The molecule has 5 rings (SSSR count). The van der Waals surface area contributed by atoms with E-state index in [2.05, 4.69) is 20.5 Å². The Balaban J connectivity index is 1.40. The molecule has 10 heteroatoms. The number of amides is 1. The number of ether oxygens (including phenoxy) is 1. The first-order valence-electron chi connectivity index (χ1n) is 10.7. The normalized spacial score (nSPS) is 11.2. The van der Waals surface area contributed by atoms with E-state index in [1.807, 2.05) is 65.9 Å². The van der Waals surface area contributed by atoms with E-state index in [1.165, 1.54) is 23.1 Å². The lowest BCUT2D eigenvalue weighted by atomic mass is 10.0. The molecule has 3 heterocycles. The van der Waals surface area contributed by atoms with E-state index in [4.69, 9.17) is 4.74 Å². The molecular formula is C24H21N5O3S2. The molecule has 8 nitrogen and oxygen atoms in total. The number of esters is 1. The first-order valence-corrected chi connectivity index (χ1v) is 12.5. The minimum Gasteiger partial charge on any atom is -0.462 e. The predicted molar refractivity (Wildman–Crippen MR) is 135 cm³/mol. The van der Waals surface area contributed by atoms with Gasteiger partial charge in [0.15, 0.2) is 5.16 Å². The van der Waals surface area contributed by atoms with Crippen LogP contribution in [0.2, 0.25) is 0 Å². The summed E-state index contributed by atoms with van der Waals surface area (Å²) in [4.78, 5) is 31.2. The number of nitrogens with one attached hydrogen (secondary N) is 2. The van der Waals surface area contributed by atoms with Crippen molar-refractivity contribution in [3.63, 3.8) is 0 Å². The number of carbonyl (C=O) groups is 2. The van der Waals surface area contributed by atoms with E-state index in [9.17, 15) is 9.59 Å². The van der Waals surface area contributed by atoms with Crippen molar-refractivity contribution in [2.24, 2.45) is 0 Å². The minimum absolute atomic E-state index is 0.117. The maximum atomic E-state index is 12.9. The van der Waals surface area contributed by atoms with E-state index in [0.717, 1.165) is 27.0 Å². The molecule has 0 saturated heterocycles. The van der Waals surface area contributed by atoms with Crippen LogP contribution in [0, 0.1) is 6.92 Å². The van der Waals surface area contributed by atoms with Gasteiger partial charge in [-0.3, -0.25) is 9.20 Å². The number of hydrogen-bond acceptors (Lipinski definition) is 7. The maximum Gasteiger partial charge on any atom is 0.341 e. The number of fused-ring (bicyclic) bond motifs is 3. The second-order valence-electron chi connectivity index (χ2n) is 7.43. The van der Waals surface area contributed by atoms with Crippen LogP contribution in [0.15, 0.2) is 59.8 Å². The molecule has 0 atom stereocenters. The number of aromatic amines is 1. The number of H-pyrrole nitrogens is 1. The quantitative estimate of drug-likeness (QED) is 0.241. The van der Waals surface area contributed by atoms with Crippen LogP contribution in [0.3, 0.4) is 0 Å². The third kappa shape index (κ3) is 4.06. The highest BCUT2D eigenvalue weighted by molar-refractivity contribution is 7.99. The average Bonchev–Trinajstić information content (AvgIpc) is 3.50. The third-order valence-electron chi connectivity index (χ3n) is 5.22. The Labute approximate surface area is 203 Å². The van der Waals surface area contributed by atoms with Gasteiger partial charge in [0, 0.05) is 10.4 Å². The molecule has 0 fully saturated rings. The van der Waals surface area contributed by atoms with Crippen molar-refractivity contribution < 1.29 is 14.3 Å². The lowest BCUT2D eigenvalue weighted by Gasteiger charge is -2.09. The molecule has 0 spiro atoms. The summed E-state index contributed by atoms with van der Waals surface area (Å²) in [5.74, 6) is 0.0476. The van der Waals surface area contributed by atoms with Crippen molar-refractivity contribution in [3.05, 3.63) is 65.0 Å². The van der Waals surface area contributed by atoms with Crippen molar-refractivity contribution in [3.8, 4) is 11.1 Å². The number of anilines is 1. The SMILES string of the molecule is CCOC(=O)c1c(NC(=O)CSc2n[nH]c3nc4ccccc4n23)sc(C)c1-c1ccccc1. The van der Waals surface area contributed by atoms with Gasteiger partial charge < -0.3 is 10.1 Å². The number of carbonyl (C=O) groups excluding carboxylic acids is 2. The smallest absolute Gasteiger partial charge is 0.341 e. The van der Waals surface area contributed by atoms with Crippen molar-refractivity contribution in [2.75, 3.05) is 17.7 Å². The fraction of sp³-hybridized carbons (Fsp3) is 0.167. The highest BCUT2D eigenvalue weighted by Crippen LogP contribution is 2.40. The van der Waals surface area contributed by atoms with E-state index in [0.29, 0.717) is 21.5 Å². The molecule has 2 aromatic carbocycles. The van der Waals surface area contributed by atoms with Crippen LogP contribution in [0.1, 0.15) is 22.2 Å². The van der Waals surface area contributed by atoms with Gasteiger partial charge in [0.05, 0.1) is 23.4 Å². The van der Waals surface area contributed by atoms with Crippen molar-refractivity contribution in [2.45, 2.75) is 19.0 Å². The van der Waals surface area contributed by atoms with Crippen LogP contribution in [0.4, 0.5) is 5.00 Å². The van der Waals surface area contributed by atoms with Gasteiger partial charge in [0.1, 0.15) is 10.6 Å². The van der Waals surface area contributed by atoms with Crippen molar-refractivity contribution in [1.29, 1.82) is 0 Å². The van der Waals surface area contributed by atoms with Crippen LogP contribution >= 0.6 is 23.1 Å². The Morgan fingerprint density at radius 2 is 1.91 bits per heavy atom. The van der Waals surface area contributed by atoms with Crippen molar-refractivity contribution >= 4 is 56.8 Å². The fourth-order valence-electron chi connectivity index (χ4n) is 3.82. The first kappa shape index (κ1) is 22.2. The van der Waals surface area contributed by atoms with Crippen molar-refractivity contribution in [1.82, 2.24) is 19.6 Å². The Hall–Kier alpha value is -3.63. The molecule has 5 aromatic rings. The molecule has 172 valence electrons. The number of para-hydroxylation sites is 2. The summed E-state index contributed by atoms with van der Waals surface area (Å²) in [6.45, 7) is 3.95. The zero-order valence-corrected chi connectivity index (χ0v) is 20.1. The van der Waals surface area contributed by atoms with Gasteiger partial charge in [0.2, 0.25) is 11.7 Å². The number of thioether (sulfide) groups is 1. The third-order valence-corrected chi connectivity index (χ3v) is 7.17. The Bertz CT molecular complexity index is 1500. The largest absolute Gasteiger partial charge is 0.462 e. The molecule has 0 aliphatic carbocycles. The topological polar surface area (TPSA) is 101 Å². The average molecular weight is 492 g/mol. The number of rotatable bonds is 7. The number of aromatic nitrogens is 4. The predicted octanol–water partition coefficient (Wildman–Crippen LogP) is 5.16. The second-order valence-corrected chi connectivity index (χ2v) is 9.59. The molecule has 0 bridgehead atoms. The van der Waals surface area contributed by atoms with Gasteiger partial charge in [-0.15, -0.1) is 16.4 Å². The molecule has 2 N–H and O–H groups in total. The maximum absolute atomic E-state index is 12.9. The monoisotopic (exact) mass is 491 g/mol. The number of benzene rings is 2. The van der Waals surface area contributed by atoms with E-state index < -0.39 is 5.97 Å². The van der Waals surface area contributed by atoms with Gasteiger partial charge in [-0.2, -0.15) is 0 Å². The molecule has 1 amide bonds. The Morgan fingerprint density at radius 1 is 1.15 bits per heavy atom. The Morgan fingerprint density at radius 3 is 2.71 bits per heavy atom. The number of aryl methyl sites for hydroxylation is 1. The summed E-state index contributed by atoms with van der Waals surface area (Å²) < 4.78 is 7.20. The molecule has 0 aliphatic rings. The van der Waals surface area contributed by atoms with Crippen LogP contribution in [0.25, 0.3) is 27.9 Å². The van der Waals surface area contributed by atoms with E-state index in [-0.39, 0.29) is 18.3 Å². The lowest BCUT2D eigenvalue weighted by Crippen LogP contribution is -2.16. The van der Waals surface area contributed by atoms with E-state index in [1.54, 1.807) is 6.92 Å². The lowest BCUT2D eigenvalue weighted by molar-refractivity contribution is -0.113. The van der Waals surface area contributed by atoms with Gasteiger partial charge in [-0.05, 0) is 31.5 Å². The van der Waals surface area contributed by atoms with Crippen LogP contribution in [0.5, 0.6) is 0 Å². The standard InChI is InChI=1S/C24H21N5O3S2/c1-3-32-22(31)20-19(15-9-5-4-6-10-15)14(2)34-21(20)26-18(30)13-33-24-28-27-23-25-16-11-7-8-12-17(16)29(23)24/h4-12H,3,13H2,1-2H3,(H,25,27)(H,26,30). The van der Waals surface area contributed by atoms with Gasteiger partial charge >= 0.3 is 5.97 Å². The summed E-state index contributed by atoms with van der Waals surface area (Å²) in [6.07, 6.45) is 0. The molecule has 0 aliphatic heterocycles. The molecular weight excluding hydrogens is 470 g/mol. The molecule has 0 unspecified atom stereocenters. The number of thiophene rings is 1. The zero-order valence-electron chi connectivity index (χ0n) is 18.5. The van der Waals surface area contributed by atoms with Crippen LogP contribution in [-0.2, 0) is 9.53 Å². The van der Waals surface area contributed by atoms with Crippen LogP contribution < -0.4 is 5.32 Å². The minimum atomic E-state index is -0.451. The summed E-state index contributed by atoms with van der Waals surface area (Å²) in [7, 11) is 0. The number of imidazole rings is 1. The number of nitrogens with zero attached hydrogens (tertiary/aromatic N) is 3. The molecule has 3 aromatic heterocycles. The van der Waals surface area contributed by atoms with Gasteiger partial charge in [-0.1, -0.05) is 54.2 Å². The zero-order chi connectivity index (χ0) is 23.7.